The Labute approximate surface area is 98.1 Å². The first-order valence-electron chi connectivity index (χ1n) is 5.95. The molecule has 3 heteroatoms. The Morgan fingerprint density at radius 1 is 1.44 bits per heavy atom. The molecule has 1 amide bonds. The average Bonchev–Trinajstić information content (AvgIpc) is 2.29. The zero-order chi connectivity index (χ0) is 12.0. The van der Waals surface area contributed by atoms with Crippen LogP contribution < -0.4 is 0 Å². The van der Waals surface area contributed by atoms with Crippen molar-refractivity contribution in [1.82, 2.24) is 4.90 Å². The lowest BCUT2D eigenvalue weighted by Gasteiger charge is -2.32. The summed E-state index contributed by atoms with van der Waals surface area (Å²) >= 11 is 0. The van der Waals surface area contributed by atoms with Crippen molar-refractivity contribution < 1.29 is 9.53 Å². The lowest BCUT2D eigenvalue weighted by Crippen LogP contribution is -2.42. The number of ether oxygens (including phenoxy) is 1. The number of nitrogens with zero attached hydrogens (tertiary/aromatic N) is 1. The summed E-state index contributed by atoms with van der Waals surface area (Å²) in [5.74, 6) is 6.06. The van der Waals surface area contributed by atoms with Crippen molar-refractivity contribution in [1.29, 1.82) is 0 Å². The molecular formula is C13H21NO2. The van der Waals surface area contributed by atoms with Crippen molar-refractivity contribution in [2.24, 2.45) is 5.92 Å². The third-order valence-electron chi connectivity index (χ3n) is 2.82. The van der Waals surface area contributed by atoms with E-state index in [0.717, 1.165) is 25.9 Å². The number of rotatable bonds is 3. The maximum Gasteiger partial charge on any atom is 0.225 e. The van der Waals surface area contributed by atoms with Gasteiger partial charge in [0.25, 0.3) is 0 Å². The molecule has 16 heavy (non-hydrogen) atoms. The molecule has 1 saturated heterocycles. The lowest BCUT2D eigenvalue weighted by atomic mass is 10.1. The molecule has 0 aromatic heterocycles. The molecule has 1 aliphatic heterocycles. The average molecular weight is 223 g/mol. The van der Waals surface area contributed by atoms with Crippen LogP contribution in [0.1, 0.15) is 33.6 Å². The molecule has 0 saturated carbocycles. The number of hydrogen-bond acceptors (Lipinski definition) is 2. The summed E-state index contributed by atoms with van der Waals surface area (Å²) in [5, 5.41) is 0. The molecule has 0 bridgehead atoms. The Bertz CT molecular complexity index is 280. The van der Waals surface area contributed by atoms with Crippen LogP contribution in [0.2, 0.25) is 0 Å². The number of amides is 1. The van der Waals surface area contributed by atoms with Gasteiger partial charge < -0.3 is 9.64 Å². The number of carbonyl (C=O) groups excluding carboxylic acids is 1. The van der Waals surface area contributed by atoms with Gasteiger partial charge in [0.05, 0.1) is 6.10 Å². The Kier molecular flexibility index (Phi) is 5.34. The Morgan fingerprint density at radius 2 is 2.06 bits per heavy atom. The highest BCUT2D eigenvalue weighted by Crippen LogP contribution is 2.15. The van der Waals surface area contributed by atoms with Gasteiger partial charge in [-0.1, -0.05) is 19.8 Å². The topological polar surface area (TPSA) is 29.5 Å². The first-order chi connectivity index (χ1) is 7.65. The standard InChI is InChI=1S/C13H21NO2/c1-4-5-10-16-12-6-8-14(9-7-12)13(15)11(2)3/h11-12H,6-10H2,1-3H3. The van der Waals surface area contributed by atoms with Crippen molar-refractivity contribution in [2.45, 2.75) is 39.7 Å². The van der Waals surface area contributed by atoms with Gasteiger partial charge in [-0.25, -0.2) is 0 Å². The van der Waals surface area contributed by atoms with Crippen LogP contribution in [0.3, 0.4) is 0 Å². The van der Waals surface area contributed by atoms with Crippen LogP contribution in [-0.4, -0.2) is 36.6 Å². The maximum atomic E-state index is 11.7. The van der Waals surface area contributed by atoms with E-state index in [0.29, 0.717) is 6.61 Å². The molecule has 1 heterocycles. The number of hydrogen-bond donors (Lipinski definition) is 0. The minimum atomic E-state index is 0.100. The largest absolute Gasteiger partial charge is 0.365 e. The quantitative estimate of drug-likeness (QED) is 0.681. The van der Waals surface area contributed by atoms with Crippen molar-refractivity contribution in [3.8, 4) is 11.8 Å². The zero-order valence-electron chi connectivity index (χ0n) is 10.5. The minimum absolute atomic E-state index is 0.100. The van der Waals surface area contributed by atoms with Gasteiger partial charge in [-0.05, 0) is 19.8 Å². The van der Waals surface area contributed by atoms with Gasteiger partial charge in [-0.2, -0.15) is 0 Å². The Balaban J connectivity index is 2.27. The molecule has 0 N–H and O–H groups in total. The predicted molar refractivity (Wildman–Crippen MR) is 63.8 cm³/mol. The molecule has 0 aromatic carbocycles. The van der Waals surface area contributed by atoms with E-state index in [2.05, 4.69) is 11.8 Å². The van der Waals surface area contributed by atoms with Gasteiger partial charge in [0.15, 0.2) is 0 Å². The maximum absolute atomic E-state index is 11.7. The lowest BCUT2D eigenvalue weighted by molar-refractivity contribution is -0.136. The van der Waals surface area contributed by atoms with Gasteiger partial charge in [-0.3, -0.25) is 4.79 Å². The minimum Gasteiger partial charge on any atom is -0.365 e. The van der Waals surface area contributed by atoms with Crippen LogP contribution in [0.4, 0.5) is 0 Å². The molecule has 1 rings (SSSR count). The zero-order valence-corrected chi connectivity index (χ0v) is 10.5. The molecule has 0 radical (unpaired) electrons. The number of piperidine rings is 1. The van der Waals surface area contributed by atoms with Crippen LogP contribution in [0, 0.1) is 17.8 Å². The number of carbonyl (C=O) groups is 1. The van der Waals surface area contributed by atoms with Crippen molar-refractivity contribution >= 4 is 5.91 Å². The summed E-state index contributed by atoms with van der Waals surface area (Å²) in [6.07, 6.45) is 2.14. The molecule has 3 nitrogen and oxygen atoms in total. The second-order valence-corrected chi connectivity index (χ2v) is 4.42. The highest BCUT2D eigenvalue weighted by atomic mass is 16.5. The van der Waals surface area contributed by atoms with E-state index in [9.17, 15) is 4.79 Å². The van der Waals surface area contributed by atoms with Gasteiger partial charge in [-0.15, -0.1) is 5.92 Å². The van der Waals surface area contributed by atoms with E-state index in [1.807, 2.05) is 25.7 Å². The van der Waals surface area contributed by atoms with E-state index < -0.39 is 0 Å². The molecular weight excluding hydrogens is 202 g/mol. The predicted octanol–water partition coefficient (Wildman–Crippen LogP) is 1.67. The van der Waals surface area contributed by atoms with Crippen LogP contribution in [0.5, 0.6) is 0 Å². The van der Waals surface area contributed by atoms with Gasteiger partial charge in [0.2, 0.25) is 5.91 Å². The van der Waals surface area contributed by atoms with E-state index in [1.54, 1.807) is 0 Å². The monoisotopic (exact) mass is 223 g/mol. The molecule has 0 atom stereocenters. The Hall–Kier alpha value is -1.01. The summed E-state index contributed by atoms with van der Waals surface area (Å²) in [7, 11) is 0. The summed E-state index contributed by atoms with van der Waals surface area (Å²) in [6.45, 7) is 7.86. The second kappa shape index (κ2) is 6.55. The van der Waals surface area contributed by atoms with E-state index in [4.69, 9.17) is 4.74 Å². The fraction of sp³-hybridized carbons (Fsp3) is 0.769. The van der Waals surface area contributed by atoms with E-state index >= 15 is 0 Å². The normalized spacial score (nSPS) is 17.1. The van der Waals surface area contributed by atoms with Crippen LogP contribution in [0.25, 0.3) is 0 Å². The van der Waals surface area contributed by atoms with Gasteiger partial charge in [0.1, 0.15) is 6.61 Å². The molecule has 0 aliphatic carbocycles. The summed E-state index contributed by atoms with van der Waals surface area (Å²) in [6, 6.07) is 0. The fourth-order valence-corrected chi connectivity index (χ4v) is 1.84. The van der Waals surface area contributed by atoms with Gasteiger partial charge in [0, 0.05) is 19.0 Å². The first kappa shape index (κ1) is 13.1. The smallest absolute Gasteiger partial charge is 0.225 e. The van der Waals surface area contributed by atoms with Crippen molar-refractivity contribution in [3.05, 3.63) is 0 Å². The third kappa shape index (κ3) is 3.86. The van der Waals surface area contributed by atoms with Crippen LogP contribution in [-0.2, 0) is 9.53 Å². The third-order valence-corrected chi connectivity index (χ3v) is 2.82. The fourth-order valence-electron chi connectivity index (χ4n) is 1.84. The van der Waals surface area contributed by atoms with Crippen LogP contribution in [0.15, 0.2) is 0 Å². The highest BCUT2D eigenvalue weighted by Gasteiger charge is 2.24. The first-order valence-corrected chi connectivity index (χ1v) is 5.95. The van der Waals surface area contributed by atoms with Gasteiger partial charge >= 0.3 is 0 Å². The molecule has 90 valence electrons. The van der Waals surface area contributed by atoms with E-state index in [-0.39, 0.29) is 17.9 Å². The summed E-state index contributed by atoms with van der Waals surface area (Å²) in [4.78, 5) is 13.7. The summed E-state index contributed by atoms with van der Waals surface area (Å²) < 4.78 is 5.60. The number of likely N-dealkylation sites (tertiary alicyclic amines) is 1. The van der Waals surface area contributed by atoms with E-state index in [1.165, 1.54) is 0 Å². The van der Waals surface area contributed by atoms with Crippen LogP contribution >= 0.6 is 0 Å². The SMILES string of the molecule is CC#CCOC1CCN(C(=O)C(C)C)CC1. The molecule has 0 spiro atoms. The second-order valence-electron chi connectivity index (χ2n) is 4.42. The molecule has 0 aromatic rings. The van der Waals surface area contributed by atoms with Crippen molar-refractivity contribution in [2.75, 3.05) is 19.7 Å². The summed E-state index contributed by atoms with van der Waals surface area (Å²) in [5.41, 5.74) is 0. The molecule has 1 aliphatic rings. The molecule has 0 unspecified atom stereocenters. The Morgan fingerprint density at radius 3 is 2.56 bits per heavy atom. The molecule has 1 fully saturated rings. The highest BCUT2D eigenvalue weighted by molar-refractivity contribution is 5.78. The van der Waals surface area contributed by atoms with Crippen molar-refractivity contribution in [3.63, 3.8) is 0 Å².